The lowest BCUT2D eigenvalue weighted by Crippen LogP contribution is -2.32. The Bertz CT molecular complexity index is 847. The van der Waals surface area contributed by atoms with Crippen LogP contribution in [0.1, 0.15) is 44.9 Å². The Hall–Kier alpha value is -2.63. The van der Waals surface area contributed by atoms with Crippen LogP contribution in [0.4, 0.5) is 0 Å². The Morgan fingerprint density at radius 1 is 1.14 bits per heavy atom. The number of aromatic nitrogens is 2. The Kier molecular flexibility index (Phi) is 6.85. The highest BCUT2D eigenvalue weighted by Gasteiger charge is 2.17. The van der Waals surface area contributed by atoms with Crippen LogP contribution in [0.25, 0.3) is 11.0 Å². The van der Waals surface area contributed by atoms with Crippen LogP contribution in [-0.4, -0.2) is 45.9 Å². The van der Waals surface area contributed by atoms with Crippen molar-refractivity contribution in [3.63, 3.8) is 0 Å². The van der Waals surface area contributed by atoms with E-state index in [1.807, 2.05) is 29.2 Å². The minimum atomic E-state index is -0.140. The summed E-state index contributed by atoms with van der Waals surface area (Å²) in [4.78, 5) is 31.2. The predicted molar refractivity (Wildman–Crippen MR) is 111 cm³/mol. The first kappa shape index (κ1) is 20.1. The van der Waals surface area contributed by atoms with Gasteiger partial charge in [-0.3, -0.25) is 9.59 Å². The monoisotopic (exact) mass is 382 g/mol. The van der Waals surface area contributed by atoms with Crippen LogP contribution in [0.5, 0.6) is 0 Å². The smallest absolute Gasteiger partial charge is 0.246 e. The van der Waals surface area contributed by atoms with Crippen molar-refractivity contribution in [2.75, 3.05) is 19.6 Å². The molecule has 1 aliphatic rings. The van der Waals surface area contributed by atoms with Gasteiger partial charge in [0, 0.05) is 44.6 Å². The molecule has 0 spiro atoms. The molecule has 150 valence electrons. The number of imidazole rings is 1. The third kappa shape index (κ3) is 5.00. The van der Waals surface area contributed by atoms with Crippen molar-refractivity contribution < 1.29 is 9.59 Å². The molecule has 1 N–H and O–H groups in total. The van der Waals surface area contributed by atoms with Gasteiger partial charge in [-0.15, -0.1) is 0 Å². The standard InChI is InChI=1S/C22H30N4O2/c1-17(2)22(28)23-13-11-20-24-18-9-5-6-10-19(18)26(20)16-12-21(27)25-14-7-3-4-8-15-25/h5-6,9-10H,1,3-4,7-8,11-16H2,2H3,(H,23,28). The van der Waals surface area contributed by atoms with Crippen molar-refractivity contribution >= 4 is 22.8 Å². The molecular weight excluding hydrogens is 352 g/mol. The second kappa shape index (κ2) is 9.53. The fourth-order valence-electron chi connectivity index (χ4n) is 3.69. The van der Waals surface area contributed by atoms with Gasteiger partial charge in [0.1, 0.15) is 5.82 Å². The molecular formula is C22H30N4O2. The summed E-state index contributed by atoms with van der Waals surface area (Å²) < 4.78 is 2.12. The number of amides is 2. The number of nitrogens with one attached hydrogen (secondary N) is 1. The van der Waals surface area contributed by atoms with Gasteiger partial charge in [-0.2, -0.15) is 0 Å². The first-order valence-electron chi connectivity index (χ1n) is 10.2. The van der Waals surface area contributed by atoms with Crippen molar-refractivity contribution in [3.8, 4) is 0 Å². The minimum absolute atomic E-state index is 0.140. The maximum Gasteiger partial charge on any atom is 0.246 e. The summed E-state index contributed by atoms with van der Waals surface area (Å²) in [6, 6.07) is 7.98. The normalized spacial score (nSPS) is 14.7. The average Bonchev–Trinajstić information content (AvgIpc) is 2.84. The van der Waals surface area contributed by atoms with Gasteiger partial charge in [-0.25, -0.2) is 4.98 Å². The molecule has 28 heavy (non-hydrogen) atoms. The quantitative estimate of drug-likeness (QED) is 0.749. The van der Waals surface area contributed by atoms with Gasteiger partial charge in [0.05, 0.1) is 11.0 Å². The topological polar surface area (TPSA) is 67.2 Å². The molecule has 6 nitrogen and oxygen atoms in total. The zero-order chi connectivity index (χ0) is 19.9. The molecule has 2 amide bonds. The molecule has 0 bridgehead atoms. The summed E-state index contributed by atoms with van der Waals surface area (Å²) in [6.07, 6.45) is 5.74. The lowest BCUT2D eigenvalue weighted by molar-refractivity contribution is -0.131. The first-order valence-corrected chi connectivity index (χ1v) is 10.2. The molecule has 0 aliphatic carbocycles. The van der Waals surface area contributed by atoms with E-state index in [0.29, 0.717) is 31.5 Å². The van der Waals surface area contributed by atoms with Gasteiger partial charge >= 0.3 is 0 Å². The van der Waals surface area contributed by atoms with Gasteiger partial charge < -0.3 is 14.8 Å². The van der Waals surface area contributed by atoms with E-state index in [1.165, 1.54) is 12.8 Å². The summed E-state index contributed by atoms with van der Waals surface area (Å²) in [5, 5.41) is 2.86. The zero-order valence-electron chi connectivity index (χ0n) is 16.7. The molecule has 1 aliphatic heterocycles. The number of benzene rings is 1. The number of aryl methyl sites for hydroxylation is 1. The molecule has 0 saturated carbocycles. The summed E-state index contributed by atoms with van der Waals surface area (Å²) in [5.41, 5.74) is 2.45. The molecule has 0 atom stereocenters. The zero-order valence-corrected chi connectivity index (χ0v) is 16.7. The van der Waals surface area contributed by atoms with E-state index in [4.69, 9.17) is 4.98 Å². The van der Waals surface area contributed by atoms with Crippen LogP contribution < -0.4 is 5.32 Å². The predicted octanol–water partition coefficient (Wildman–Crippen LogP) is 3.06. The van der Waals surface area contributed by atoms with Crippen LogP contribution in [0.15, 0.2) is 36.4 Å². The lowest BCUT2D eigenvalue weighted by Gasteiger charge is -2.20. The number of rotatable bonds is 7. The SMILES string of the molecule is C=C(C)C(=O)NCCc1nc2ccccc2n1CCC(=O)N1CCCCCC1. The Morgan fingerprint density at radius 3 is 2.57 bits per heavy atom. The average molecular weight is 383 g/mol. The Balaban J connectivity index is 1.68. The van der Waals surface area contributed by atoms with E-state index in [9.17, 15) is 9.59 Å². The largest absolute Gasteiger partial charge is 0.352 e. The van der Waals surface area contributed by atoms with Crippen LogP contribution >= 0.6 is 0 Å². The molecule has 1 saturated heterocycles. The maximum absolute atomic E-state index is 12.7. The molecule has 1 aromatic carbocycles. The highest BCUT2D eigenvalue weighted by Crippen LogP contribution is 2.18. The summed E-state index contributed by atoms with van der Waals surface area (Å²) >= 11 is 0. The third-order valence-corrected chi connectivity index (χ3v) is 5.26. The van der Waals surface area contributed by atoms with E-state index in [2.05, 4.69) is 16.5 Å². The van der Waals surface area contributed by atoms with E-state index in [-0.39, 0.29) is 11.8 Å². The maximum atomic E-state index is 12.7. The van der Waals surface area contributed by atoms with Gasteiger partial charge in [0.2, 0.25) is 11.8 Å². The van der Waals surface area contributed by atoms with Gasteiger partial charge in [0.15, 0.2) is 0 Å². The molecule has 3 rings (SSSR count). The summed E-state index contributed by atoms with van der Waals surface area (Å²) in [7, 11) is 0. The number of carbonyl (C=O) groups excluding carboxylic acids is 2. The number of carbonyl (C=O) groups is 2. The van der Waals surface area contributed by atoms with Crippen LogP contribution in [-0.2, 0) is 22.6 Å². The van der Waals surface area contributed by atoms with Crippen LogP contribution in [0, 0.1) is 0 Å². The Morgan fingerprint density at radius 2 is 1.86 bits per heavy atom. The molecule has 0 radical (unpaired) electrons. The van der Waals surface area contributed by atoms with E-state index in [0.717, 1.165) is 42.8 Å². The number of hydrogen-bond donors (Lipinski definition) is 1. The fraction of sp³-hybridized carbons (Fsp3) is 0.500. The number of nitrogens with zero attached hydrogens (tertiary/aromatic N) is 3. The number of hydrogen-bond acceptors (Lipinski definition) is 3. The van der Waals surface area contributed by atoms with E-state index >= 15 is 0 Å². The fourth-order valence-corrected chi connectivity index (χ4v) is 3.69. The highest BCUT2D eigenvalue weighted by atomic mass is 16.2. The molecule has 1 fully saturated rings. The van der Waals surface area contributed by atoms with Crippen molar-refractivity contribution in [2.24, 2.45) is 0 Å². The van der Waals surface area contributed by atoms with Gasteiger partial charge in [0.25, 0.3) is 0 Å². The van der Waals surface area contributed by atoms with Crippen molar-refractivity contribution in [2.45, 2.75) is 52.0 Å². The Labute approximate surface area is 166 Å². The van der Waals surface area contributed by atoms with Gasteiger partial charge in [-0.1, -0.05) is 31.6 Å². The van der Waals surface area contributed by atoms with Crippen LogP contribution in [0.2, 0.25) is 0 Å². The molecule has 2 aromatic rings. The molecule has 1 aromatic heterocycles. The molecule has 0 unspecified atom stereocenters. The lowest BCUT2D eigenvalue weighted by atomic mass is 10.2. The molecule has 2 heterocycles. The first-order chi connectivity index (χ1) is 13.6. The third-order valence-electron chi connectivity index (χ3n) is 5.26. The summed E-state index contributed by atoms with van der Waals surface area (Å²) in [6.45, 7) is 8.21. The van der Waals surface area contributed by atoms with Crippen LogP contribution in [0.3, 0.4) is 0 Å². The van der Waals surface area contributed by atoms with Crippen molar-refractivity contribution in [1.82, 2.24) is 19.8 Å². The van der Waals surface area contributed by atoms with Crippen molar-refractivity contribution in [3.05, 3.63) is 42.2 Å². The minimum Gasteiger partial charge on any atom is -0.352 e. The van der Waals surface area contributed by atoms with Gasteiger partial charge in [-0.05, 0) is 31.9 Å². The highest BCUT2D eigenvalue weighted by molar-refractivity contribution is 5.92. The number of likely N-dealkylation sites (tertiary alicyclic amines) is 1. The molecule has 6 heteroatoms. The van der Waals surface area contributed by atoms with Crippen molar-refractivity contribution in [1.29, 1.82) is 0 Å². The summed E-state index contributed by atoms with van der Waals surface area (Å²) in [5.74, 6) is 0.979. The number of para-hydroxylation sites is 2. The van der Waals surface area contributed by atoms with E-state index in [1.54, 1.807) is 6.92 Å². The van der Waals surface area contributed by atoms with E-state index < -0.39 is 0 Å². The second-order valence-corrected chi connectivity index (χ2v) is 7.50. The second-order valence-electron chi connectivity index (χ2n) is 7.50. The number of fused-ring (bicyclic) bond motifs is 1.